The normalized spacial score (nSPS) is 10.6. The number of aromatic nitrogens is 3. The molecule has 2 heterocycles. The second kappa shape index (κ2) is 2.13. The maximum atomic E-state index is 5.48. The van der Waals surface area contributed by atoms with Crippen LogP contribution in [0.1, 0.15) is 5.69 Å². The zero-order valence-electron chi connectivity index (χ0n) is 5.90. The summed E-state index contributed by atoms with van der Waals surface area (Å²) in [5.74, 6) is 0. The van der Waals surface area contributed by atoms with Crippen LogP contribution in [0.4, 0.5) is 5.13 Å². The predicted molar refractivity (Wildman–Crippen MR) is 44.4 cm³/mol. The fourth-order valence-electron chi connectivity index (χ4n) is 0.851. The molecule has 0 saturated heterocycles. The highest BCUT2D eigenvalue weighted by molar-refractivity contribution is 7.21. The Morgan fingerprint density at radius 2 is 2.27 bits per heavy atom. The van der Waals surface area contributed by atoms with Gasteiger partial charge in [0.1, 0.15) is 0 Å². The van der Waals surface area contributed by atoms with Crippen molar-refractivity contribution >= 4 is 26.8 Å². The van der Waals surface area contributed by atoms with E-state index < -0.39 is 0 Å². The van der Waals surface area contributed by atoms with Crippen LogP contribution in [-0.4, -0.2) is 15.2 Å². The molecule has 2 aromatic rings. The predicted octanol–water partition coefficient (Wildman–Crippen LogP) is 0.977. The number of thiazole rings is 1. The van der Waals surface area contributed by atoms with E-state index in [2.05, 4.69) is 15.2 Å². The van der Waals surface area contributed by atoms with Crippen molar-refractivity contribution < 1.29 is 0 Å². The van der Waals surface area contributed by atoms with Crippen LogP contribution in [0.3, 0.4) is 0 Å². The Balaban J connectivity index is 2.82. The third-order valence-corrected chi connectivity index (χ3v) is 2.11. The van der Waals surface area contributed by atoms with Gasteiger partial charge in [0.25, 0.3) is 0 Å². The smallest absolute Gasteiger partial charge is 0.194 e. The van der Waals surface area contributed by atoms with Gasteiger partial charge in [-0.25, -0.2) is 0 Å². The van der Waals surface area contributed by atoms with Crippen LogP contribution in [-0.2, 0) is 0 Å². The summed E-state index contributed by atoms with van der Waals surface area (Å²) < 4.78 is 0.995. The van der Waals surface area contributed by atoms with Gasteiger partial charge in [-0.3, -0.25) is 0 Å². The van der Waals surface area contributed by atoms with E-state index in [-0.39, 0.29) is 0 Å². The number of rotatable bonds is 0. The van der Waals surface area contributed by atoms with Crippen LogP contribution in [0.25, 0.3) is 10.3 Å². The van der Waals surface area contributed by atoms with Crippen molar-refractivity contribution in [3.05, 3.63) is 11.8 Å². The van der Waals surface area contributed by atoms with Crippen LogP contribution in [0.2, 0.25) is 0 Å². The van der Waals surface area contributed by atoms with E-state index in [4.69, 9.17) is 5.73 Å². The lowest BCUT2D eigenvalue weighted by molar-refractivity contribution is 1.01. The summed E-state index contributed by atoms with van der Waals surface area (Å²) >= 11 is 1.43. The largest absolute Gasteiger partial charge is 0.375 e. The summed E-state index contributed by atoms with van der Waals surface area (Å²) in [7, 11) is 0. The molecule has 0 aliphatic rings. The van der Waals surface area contributed by atoms with Crippen LogP contribution in [0, 0.1) is 6.92 Å². The number of nitrogens with two attached hydrogens (primary N) is 1. The van der Waals surface area contributed by atoms with E-state index in [1.807, 2.05) is 13.0 Å². The number of nitrogens with zero attached hydrogens (tertiary/aromatic N) is 3. The summed E-state index contributed by atoms with van der Waals surface area (Å²) in [4.78, 5) is 3.98. The van der Waals surface area contributed by atoms with Crippen molar-refractivity contribution in [3.63, 3.8) is 0 Å². The number of nitrogen functional groups attached to an aromatic ring is 1. The van der Waals surface area contributed by atoms with Gasteiger partial charge < -0.3 is 5.73 Å². The Morgan fingerprint density at radius 3 is 3.09 bits per heavy atom. The van der Waals surface area contributed by atoms with Gasteiger partial charge in [-0.15, -0.1) is 5.10 Å². The molecule has 0 aliphatic heterocycles. The Morgan fingerprint density at radius 1 is 1.45 bits per heavy atom. The van der Waals surface area contributed by atoms with E-state index in [1.165, 1.54) is 11.3 Å². The molecule has 0 amide bonds. The maximum absolute atomic E-state index is 5.48. The summed E-state index contributed by atoms with van der Waals surface area (Å²) in [5.41, 5.74) is 7.01. The van der Waals surface area contributed by atoms with Gasteiger partial charge in [0.2, 0.25) is 0 Å². The average Bonchev–Trinajstić information content (AvgIpc) is 2.27. The van der Waals surface area contributed by atoms with E-state index in [0.29, 0.717) is 10.8 Å². The molecular weight excluding hydrogens is 160 g/mol. The van der Waals surface area contributed by atoms with Crippen LogP contribution >= 0.6 is 11.3 Å². The third kappa shape index (κ3) is 1.03. The molecule has 0 aromatic carbocycles. The lowest BCUT2D eigenvalue weighted by Gasteiger charge is -1.86. The van der Waals surface area contributed by atoms with E-state index in [9.17, 15) is 0 Å². The molecule has 0 bridgehead atoms. The number of hydrogen-bond acceptors (Lipinski definition) is 5. The number of fused-ring (bicyclic) bond motifs is 1. The lowest BCUT2D eigenvalue weighted by Crippen LogP contribution is -1.86. The fourth-order valence-corrected chi connectivity index (χ4v) is 1.62. The van der Waals surface area contributed by atoms with Crippen LogP contribution in [0.5, 0.6) is 0 Å². The molecule has 5 heteroatoms. The number of hydrogen-bond donors (Lipinski definition) is 1. The summed E-state index contributed by atoms with van der Waals surface area (Å²) in [6.07, 6.45) is 0. The molecule has 2 N–H and O–H groups in total. The first kappa shape index (κ1) is 6.48. The zero-order valence-corrected chi connectivity index (χ0v) is 6.72. The molecule has 2 rings (SSSR count). The lowest BCUT2D eigenvalue weighted by atomic mass is 10.4. The molecule has 0 unspecified atom stereocenters. The molecule has 0 spiro atoms. The molecule has 11 heavy (non-hydrogen) atoms. The molecule has 0 fully saturated rings. The van der Waals surface area contributed by atoms with Gasteiger partial charge in [-0.1, -0.05) is 11.3 Å². The molecule has 56 valence electrons. The van der Waals surface area contributed by atoms with Crippen molar-refractivity contribution in [2.75, 3.05) is 5.73 Å². The summed E-state index contributed by atoms with van der Waals surface area (Å²) in [6.45, 7) is 1.89. The Labute approximate surface area is 67.1 Å². The Hall–Kier alpha value is -1.23. The molecule has 0 atom stereocenters. The highest BCUT2D eigenvalue weighted by Crippen LogP contribution is 2.21. The van der Waals surface area contributed by atoms with Gasteiger partial charge in [-0.2, -0.15) is 10.1 Å². The van der Waals surface area contributed by atoms with E-state index in [1.54, 1.807) is 0 Å². The fraction of sp³-hybridized carbons (Fsp3) is 0.167. The second-order valence-corrected chi connectivity index (χ2v) is 3.29. The van der Waals surface area contributed by atoms with Crippen molar-refractivity contribution in [1.82, 2.24) is 15.2 Å². The molecule has 0 saturated carbocycles. The van der Waals surface area contributed by atoms with Crippen molar-refractivity contribution in [2.45, 2.75) is 6.92 Å². The van der Waals surface area contributed by atoms with E-state index in [0.717, 1.165) is 10.4 Å². The minimum Gasteiger partial charge on any atom is -0.375 e. The van der Waals surface area contributed by atoms with Crippen molar-refractivity contribution in [3.8, 4) is 0 Å². The van der Waals surface area contributed by atoms with E-state index >= 15 is 0 Å². The van der Waals surface area contributed by atoms with Crippen molar-refractivity contribution in [2.24, 2.45) is 0 Å². The van der Waals surface area contributed by atoms with Crippen molar-refractivity contribution in [1.29, 1.82) is 0 Å². The van der Waals surface area contributed by atoms with Gasteiger partial charge in [0.05, 0.1) is 10.4 Å². The SMILES string of the molecule is Cc1cc2sc(N)nc2nn1. The molecule has 4 nitrogen and oxygen atoms in total. The van der Waals surface area contributed by atoms with Gasteiger partial charge in [0, 0.05) is 0 Å². The summed E-state index contributed by atoms with van der Waals surface area (Å²) in [6, 6.07) is 1.93. The second-order valence-electron chi connectivity index (χ2n) is 2.23. The maximum Gasteiger partial charge on any atom is 0.194 e. The minimum atomic E-state index is 0.542. The number of aryl methyl sites for hydroxylation is 1. The average molecular weight is 166 g/mol. The van der Waals surface area contributed by atoms with Gasteiger partial charge in [0.15, 0.2) is 10.8 Å². The van der Waals surface area contributed by atoms with Crippen LogP contribution in [0.15, 0.2) is 6.07 Å². The summed E-state index contributed by atoms with van der Waals surface area (Å²) in [5, 5.41) is 8.27. The first-order chi connectivity index (χ1) is 5.25. The quantitative estimate of drug-likeness (QED) is 0.633. The zero-order chi connectivity index (χ0) is 7.84. The third-order valence-electron chi connectivity index (χ3n) is 1.29. The Kier molecular flexibility index (Phi) is 1.25. The van der Waals surface area contributed by atoms with Crippen LogP contribution < -0.4 is 5.73 Å². The van der Waals surface area contributed by atoms with Gasteiger partial charge >= 0.3 is 0 Å². The monoisotopic (exact) mass is 166 g/mol. The van der Waals surface area contributed by atoms with Gasteiger partial charge in [-0.05, 0) is 13.0 Å². The molecular formula is C6H6N4S. The molecule has 0 radical (unpaired) electrons. The molecule has 0 aliphatic carbocycles. The standard InChI is InChI=1S/C6H6N4S/c1-3-2-4-5(10-9-3)8-6(7)11-4/h2H,1H3,(H2,7,8,10). The highest BCUT2D eigenvalue weighted by atomic mass is 32.1. The highest BCUT2D eigenvalue weighted by Gasteiger charge is 2.01. The first-order valence-electron chi connectivity index (χ1n) is 3.12. The topological polar surface area (TPSA) is 64.7 Å². The Bertz CT molecular complexity index is 394. The first-order valence-corrected chi connectivity index (χ1v) is 3.94. The molecule has 2 aromatic heterocycles. The number of anilines is 1. The minimum absolute atomic E-state index is 0.542.